The first-order chi connectivity index (χ1) is 12.8. The standard InChI is InChI=1S/C22H29N3O/c1-2-17-7-8-21-20(15-17)22(19-6-4-3-5-18(19)16-26-21)24-11-14-25-12-9-23-10-13-25/h3-8,15,22-24H,2,9-14,16H2,1H3. The Bertz CT molecular complexity index is 740. The van der Waals surface area contributed by atoms with E-state index in [9.17, 15) is 0 Å². The second kappa shape index (κ2) is 8.21. The van der Waals surface area contributed by atoms with Crippen LogP contribution in [-0.4, -0.2) is 44.2 Å². The lowest BCUT2D eigenvalue weighted by Crippen LogP contribution is -2.46. The van der Waals surface area contributed by atoms with Crippen LogP contribution in [0.1, 0.15) is 35.2 Å². The van der Waals surface area contributed by atoms with Gasteiger partial charge in [0.25, 0.3) is 0 Å². The predicted molar refractivity (Wildman–Crippen MR) is 106 cm³/mol. The molecule has 2 heterocycles. The van der Waals surface area contributed by atoms with Crippen molar-refractivity contribution in [2.75, 3.05) is 39.3 Å². The first kappa shape index (κ1) is 17.5. The number of benzene rings is 2. The summed E-state index contributed by atoms with van der Waals surface area (Å²) in [5, 5.41) is 7.25. The Morgan fingerprint density at radius 3 is 2.81 bits per heavy atom. The Kier molecular flexibility index (Phi) is 5.54. The highest BCUT2D eigenvalue weighted by Crippen LogP contribution is 2.36. The van der Waals surface area contributed by atoms with Crippen molar-refractivity contribution in [1.82, 2.24) is 15.5 Å². The maximum Gasteiger partial charge on any atom is 0.124 e. The highest BCUT2D eigenvalue weighted by molar-refractivity contribution is 5.48. The average Bonchev–Trinajstić information content (AvgIpc) is 2.86. The molecule has 0 aliphatic carbocycles. The van der Waals surface area contributed by atoms with Gasteiger partial charge in [0.1, 0.15) is 12.4 Å². The SMILES string of the molecule is CCc1ccc2c(c1)C(NCCN1CCNCC1)c1ccccc1CO2. The highest BCUT2D eigenvalue weighted by atomic mass is 16.5. The van der Waals surface area contributed by atoms with Gasteiger partial charge in [0.05, 0.1) is 6.04 Å². The molecule has 0 amide bonds. The van der Waals surface area contributed by atoms with Gasteiger partial charge in [0.2, 0.25) is 0 Å². The van der Waals surface area contributed by atoms with E-state index in [1.807, 2.05) is 0 Å². The molecule has 26 heavy (non-hydrogen) atoms. The van der Waals surface area contributed by atoms with Crippen LogP contribution >= 0.6 is 0 Å². The Morgan fingerprint density at radius 1 is 1.12 bits per heavy atom. The maximum absolute atomic E-state index is 6.14. The Hall–Kier alpha value is -1.88. The van der Waals surface area contributed by atoms with Crippen LogP contribution in [-0.2, 0) is 13.0 Å². The summed E-state index contributed by atoms with van der Waals surface area (Å²) in [6, 6.07) is 15.5. The molecule has 138 valence electrons. The molecule has 2 N–H and O–H groups in total. The molecule has 1 fully saturated rings. The number of ether oxygens (including phenoxy) is 1. The smallest absolute Gasteiger partial charge is 0.124 e. The third-order valence-electron chi connectivity index (χ3n) is 5.53. The van der Waals surface area contributed by atoms with Gasteiger partial charge in [-0.05, 0) is 29.2 Å². The summed E-state index contributed by atoms with van der Waals surface area (Å²) in [4.78, 5) is 2.53. The van der Waals surface area contributed by atoms with Gasteiger partial charge in [-0.25, -0.2) is 0 Å². The number of fused-ring (bicyclic) bond motifs is 2. The highest BCUT2D eigenvalue weighted by Gasteiger charge is 2.24. The van der Waals surface area contributed by atoms with E-state index in [1.54, 1.807) is 0 Å². The van der Waals surface area contributed by atoms with Gasteiger partial charge in [0.15, 0.2) is 0 Å². The third-order valence-corrected chi connectivity index (χ3v) is 5.53. The molecule has 0 bridgehead atoms. The molecule has 0 radical (unpaired) electrons. The van der Waals surface area contributed by atoms with Crippen LogP contribution in [0.15, 0.2) is 42.5 Å². The van der Waals surface area contributed by atoms with Crippen molar-refractivity contribution in [1.29, 1.82) is 0 Å². The molecule has 1 unspecified atom stereocenters. The molecule has 2 aromatic carbocycles. The minimum atomic E-state index is 0.193. The van der Waals surface area contributed by atoms with E-state index in [0.717, 1.165) is 51.4 Å². The zero-order valence-electron chi connectivity index (χ0n) is 15.6. The summed E-state index contributed by atoms with van der Waals surface area (Å²) >= 11 is 0. The molecule has 2 aliphatic heterocycles. The number of hydrogen-bond acceptors (Lipinski definition) is 4. The van der Waals surface area contributed by atoms with Gasteiger partial charge < -0.3 is 15.4 Å². The molecular weight excluding hydrogens is 322 g/mol. The second-order valence-electron chi connectivity index (χ2n) is 7.19. The van der Waals surface area contributed by atoms with Crippen molar-refractivity contribution >= 4 is 0 Å². The molecular formula is C22H29N3O. The molecule has 4 nitrogen and oxygen atoms in total. The van der Waals surface area contributed by atoms with Crippen LogP contribution in [0.5, 0.6) is 5.75 Å². The Labute approximate surface area is 156 Å². The fourth-order valence-electron chi connectivity index (χ4n) is 3.97. The summed E-state index contributed by atoms with van der Waals surface area (Å²) in [5.41, 5.74) is 5.26. The number of nitrogens with one attached hydrogen (secondary N) is 2. The number of piperazine rings is 1. The van der Waals surface area contributed by atoms with Gasteiger partial charge >= 0.3 is 0 Å². The van der Waals surface area contributed by atoms with E-state index in [-0.39, 0.29) is 6.04 Å². The number of nitrogens with zero attached hydrogens (tertiary/aromatic N) is 1. The van der Waals surface area contributed by atoms with Crippen LogP contribution in [0.3, 0.4) is 0 Å². The molecule has 2 aromatic rings. The lowest BCUT2D eigenvalue weighted by Gasteiger charge is -2.28. The van der Waals surface area contributed by atoms with Gasteiger partial charge in [-0.1, -0.05) is 43.3 Å². The van der Waals surface area contributed by atoms with Gasteiger partial charge in [-0.15, -0.1) is 0 Å². The first-order valence-electron chi connectivity index (χ1n) is 9.85. The third kappa shape index (κ3) is 3.78. The number of rotatable bonds is 5. The summed E-state index contributed by atoms with van der Waals surface area (Å²) < 4.78 is 6.14. The van der Waals surface area contributed by atoms with E-state index < -0.39 is 0 Å². The lowest BCUT2D eigenvalue weighted by molar-refractivity contribution is 0.239. The van der Waals surface area contributed by atoms with Crippen LogP contribution in [0.4, 0.5) is 0 Å². The van der Waals surface area contributed by atoms with E-state index in [1.165, 1.54) is 22.3 Å². The Morgan fingerprint density at radius 2 is 1.96 bits per heavy atom. The molecule has 1 saturated heterocycles. The predicted octanol–water partition coefficient (Wildman–Crippen LogP) is 2.73. The molecule has 2 aliphatic rings. The fourth-order valence-corrected chi connectivity index (χ4v) is 3.97. The van der Waals surface area contributed by atoms with Gasteiger partial charge in [0, 0.05) is 44.8 Å². The molecule has 0 aromatic heterocycles. The largest absolute Gasteiger partial charge is 0.489 e. The van der Waals surface area contributed by atoms with Crippen molar-refractivity contribution in [3.05, 3.63) is 64.7 Å². The quantitative estimate of drug-likeness (QED) is 0.868. The molecule has 0 saturated carbocycles. The van der Waals surface area contributed by atoms with Crippen LogP contribution in [0.2, 0.25) is 0 Å². The molecule has 4 heteroatoms. The lowest BCUT2D eigenvalue weighted by atomic mass is 9.93. The van der Waals surface area contributed by atoms with Gasteiger partial charge in [-0.3, -0.25) is 4.90 Å². The first-order valence-corrected chi connectivity index (χ1v) is 9.85. The van der Waals surface area contributed by atoms with E-state index in [2.05, 4.69) is 64.9 Å². The Balaban J connectivity index is 1.58. The average molecular weight is 351 g/mol. The number of aryl methyl sites for hydroxylation is 1. The molecule has 1 atom stereocenters. The summed E-state index contributed by atoms with van der Waals surface area (Å²) in [6.45, 7) is 9.40. The minimum Gasteiger partial charge on any atom is -0.489 e. The van der Waals surface area contributed by atoms with Crippen molar-refractivity contribution in [3.63, 3.8) is 0 Å². The van der Waals surface area contributed by atoms with Crippen molar-refractivity contribution < 1.29 is 4.74 Å². The zero-order valence-corrected chi connectivity index (χ0v) is 15.6. The number of hydrogen-bond donors (Lipinski definition) is 2. The minimum absolute atomic E-state index is 0.193. The van der Waals surface area contributed by atoms with E-state index in [4.69, 9.17) is 4.74 Å². The molecule has 4 rings (SSSR count). The summed E-state index contributed by atoms with van der Waals surface area (Å²) in [7, 11) is 0. The maximum atomic E-state index is 6.14. The van der Waals surface area contributed by atoms with Crippen LogP contribution in [0, 0.1) is 0 Å². The van der Waals surface area contributed by atoms with E-state index in [0.29, 0.717) is 6.61 Å². The summed E-state index contributed by atoms with van der Waals surface area (Å²) in [6.07, 6.45) is 1.04. The fraction of sp³-hybridized carbons (Fsp3) is 0.455. The monoisotopic (exact) mass is 351 g/mol. The van der Waals surface area contributed by atoms with Gasteiger partial charge in [-0.2, -0.15) is 0 Å². The second-order valence-corrected chi connectivity index (χ2v) is 7.19. The van der Waals surface area contributed by atoms with E-state index >= 15 is 0 Å². The van der Waals surface area contributed by atoms with Crippen LogP contribution < -0.4 is 15.4 Å². The normalized spacial score (nSPS) is 20.0. The zero-order chi connectivity index (χ0) is 17.8. The van der Waals surface area contributed by atoms with Crippen molar-refractivity contribution in [2.24, 2.45) is 0 Å². The van der Waals surface area contributed by atoms with Crippen LogP contribution in [0.25, 0.3) is 0 Å². The topological polar surface area (TPSA) is 36.5 Å². The summed E-state index contributed by atoms with van der Waals surface area (Å²) in [5.74, 6) is 1.01. The van der Waals surface area contributed by atoms with Crippen molar-refractivity contribution in [3.8, 4) is 5.75 Å². The van der Waals surface area contributed by atoms with Crippen molar-refractivity contribution in [2.45, 2.75) is 26.0 Å². The molecule has 0 spiro atoms.